The number of hydrogen-bond acceptors (Lipinski definition) is 1. The van der Waals surface area contributed by atoms with Gasteiger partial charge in [-0.2, -0.15) is 0 Å². The smallest absolute Gasteiger partial charge is 0.0720 e. The second-order valence-corrected chi connectivity index (χ2v) is 21.8. The molecule has 1 nitrogen and oxygen atoms in total. The van der Waals surface area contributed by atoms with Crippen LogP contribution in [-0.4, -0.2) is 0 Å². The van der Waals surface area contributed by atoms with Crippen molar-refractivity contribution in [1.82, 2.24) is 0 Å². The third-order valence-electron chi connectivity index (χ3n) is 18.3. The third kappa shape index (κ3) is 5.86. The molecule has 11 aromatic carbocycles. The zero-order chi connectivity index (χ0) is 50.0. The van der Waals surface area contributed by atoms with Gasteiger partial charge in [-0.15, -0.1) is 0 Å². The molecule has 0 unspecified atom stereocenters. The van der Waals surface area contributed by atoms with Gasteiger partial charge in [0.15, 0.2) is 0 Å². The average Bonchev–Trinajstić information content (AvgIpc) is 4.26. The van der Waals surface area contributed by atoms with E-state index in [9.17, 15) is 0 Å². The zero-order valence-electron chi connectivity index (χ0n) is 42.3. The van der Waals surface area contributed by atoms with Crippen LogP contribution in [-0.2, 0) is 16.2 Å². The molecule has 5 aliphatic rings. The van der Waals surface area contributed by atoms with Crippen LogP contribution in [0.25, 0.3) is 56.7 Å². The van der Waals surface area contributed by atoms with E-state index in [-0.39, 0.29) is 5.41 Å². The highest BCUT2D eigenvalue weighted by Crippen LogP contribution is 2.68. The van der Waals surface area contributed by atoms with Crippen molar-refractivity contribution >= 4 is 29.2 Å². The summed E-state index contributed by atoms with van der Waals surface area (Å²) in [6, 6.07) is 98.8. The maximum atomic E-state index is 2.56. The summed E-state index contributed by atoms with van der Waals surface area (Å²) < 4.78 is 0. The number of nitrogens with zero attached hydrogens (tertiary/aromatic N) is 1. The molecule has 0 atom stereocenters. The summed E-state index contributed by atoms with van der Waals surface area (Å²) >= 11 is 0. The van der Waals surface area contributed by atoms with Crippen molar-refractivity contribution in [3.63, 3.8) is 0 Å². The molecule has 1 fully saturated rings. The molecule has 0 aliphatic heterocycles. The summed E-state index contributed by atoms with van der Waals surface area (Å²) in [6.07, 6.45) is 9.48. The number of benzene rings is 11. The number of rotatable bonds is 6. The lowest BCUT2D eigenvalue weighted by molar-refractivity contribution is 0.550. The van der Waals surface area contributed by atoms with Gasteiger partial charge in [0, 0.05) is 22.5 Å². The Kier molecular flexibility index (Phi) is 9.40. The van der Waals surface area contributed by atoms with Crippen LogP contribution in [0.4, 0.5) is 17.1 Å². The van der Waals surface area contributed by atoms with E-state index in [1.165, 1.54) is 154 Å². The van der Waals surface area contributed by atoms with Gasteiger partial charge in [0.2, 0.25) is 0 Å². The Bertz CT molecular complexity index is 4040. The molecule has 0 amide bonds. The van der Waals surface area contributed by atoms with Crippen molar-refractivity contribution in [2.75, 3.05) is 4.90 Å². The lowest BCUT2D eigenvalue weighted by atomic mass is 9.52. The maximum absolute atomic E-state index is 2.56. The second-order valence-electron chi connectivity index (χ2n) is 21.8. The minimum absolute atomic E-state index is 0.0214. The summed E-state index contributed by atoms with van der Waals surface area (Å²) in [5.41, 5.74) is 29.3. The van der Waals surface area contributed by atoms with Crippen LogP contribution >= 0.6 is 0 Å². The van der Waals surface area contributed by atoms with Gasteiger partial charge < -0.3 is 4.90 Å². The third-order valence-corrected chi connectivity index (χ3v) is 18.3. The molecule has 0 aromatic heterocycles. The fourth-order valence-electron chi connectivity index (χ4n) is 15.3. The first-order valence-electron chi connectivity index (χ1n) is 27.3. The quantitative estimate of drug-likeness (QED) is 0.150. The van der Waals surface area contributed by atoms with Crippen molar-refractivity contribution < 1.29 is 0 Å². The van der Waals surface area contributed by atoms with Gasteiger partial charge in [0.1, 0.15) is 0 Å². The number of hydrogen-bond donors (Lipinski definition) is 0. The topological polar surface area (TPSA) is 3.24 Å². The molecular formula is C75H53N. The largest absolute Gasteiger partial charge is 0.310 e. The van der Waals surface area contributed by atoms with E-state index in [2.05, 4.69) is 278 Å². The summed E-state index contributed by atoms with van der Waals surface area (Å²) in [5.74, 6) is 0. The van der Waals surface area contributed by atoms with E-state index >= 15 is 0 Å². The first-order valence-corrected chi connectivity index (χ1v) is 27.3. The molecule has 0 heterocycles. The summed E-state index contributed by atoms with van der Waals surface area (Å²) in [7, 11) is 0. The van der Waals surface area contributed by atoms with E-state index in [0.717, 1.165) is 0 Å². The van der Waals surface area contributed by atoms with E-state index < -0.39 is 10.8 Å². The van der Waals surface area contributed by atoms with Crippen molar-refractivity contribution in [2.45, 2.75) is 41.9 Å². The average molecular weight is 968 g/mol. The highest BCUT2D eigenvalue weighted by atomic mass is 15.1. The molecule has 0 bridgehead atoms. The fraction of sp³-hybridized carbons (Fsp3) is 0.0933. The Morgan fingerprint density at radius 2 is 0.658 bits per heavy atom. The van der Waals surface area contributed by atoms with E-state index in [0.29, 0.717) is 0 Å². The number of fused-ring (bicyclic) bond motifs is 21. The molecule has 0 radical (unpaired) electrons. The molecule has 16 rings (SSSR count). The first kappa shape index (κ1) is 43.4. The molecular weight excluding hydrogens is 915 g/mol. The van der Waals surface area contributed by atoms with Gasteiger partial charge >= 0.3 is 0 Å². The maximum Gasteiger partial charge on any atom is 0.0720 e. The fourth-order valence-corrected chi connectivity index (χ4v) is 15.3. The van der Waals surface area contributed by atoms with E-state index in [1.807, 2.05) is 0 Å². The Labute approximate surface area is 445 Å². The molecule has 3 spiro atoms. The van der Waals surface area contributed by atoms with Gasteiger partial charge in [-0.3, -0.25) is 0 Å². The standard InChI is InChI=1S/C75H53N/c1-3-19-54(20-4-1)76(55-21-5-2-6-22-55)56-41-43-62-61-42-37-51(47-70(61)73(71(62)49-56)45-17-18-46-73)34-33-50-35-38-52(39-36-50)53-40-44-69-72(48-53)75(65-29-13-9-25-59(65)60-26-10-14-30-66(60)75)68-32-16-15-31-67(68)74(69)63-27-11-7-23-57(63)58-24-8-12-28-64(58)74/h1-16,19-44,47-49H,17-18,45-46H2/b34-33+. The Balaban J connectivity index is 0.785. The molecule has 0 N–H and O–H groups in total. The Morgan fingerprint density at radius 1 is 0.263 bits per heavy atom. The highest BCUT2D eigenvalue weighted by Gasteiger charge is 2.59. The van der Waals surface area contributed by atoms with Gasteiger partial charge in [0.25, 0.3) is 0 Å². The lowest BCUT2D eigenvalue weighted by Gasteiger charge is -2.49. The predicted molar refractivity (Wildman–Crippen MR) is 315 cm³/mol. The normalized spacial score (nSPS) is 15.7. The van der Waals surface area contributed by atoms with Crippen LogP contribution in [0.3, 0.4) is 0 Å². The lowest BCUT2D eigenvalue weighted by Crippen LogP contribution is -2.43. The number of anilines is 3. The molecule has 11 aromatic rings. The summed E-state index contributed by atoms with van der Waals surface area (Å²) in [6.45, 7) is 0. The van der Waals surface area contributed by atoms with Gasteiger partial charge in [0.05, 0.1) is 10.8 Å². The van der Waals surface area contributed by atoms with Crippen LogP contribution in [0, 0.1) is 0 Å². The monoisotopic (exact) mass is 967 g/mol. The van der Waals surface area contributed by atoms with Crippen molar-refractivity contribution in [1.29, 1.82) is 0 Å². The van der Waals surface area contributed by atoms with Crippen molar-refractivity contribution in [3.8, 4) is 44.5 Å². The SMILES string of the molecule is C(=C\c1ccc2c(c1)C1(CCCC1)c1cc(N(c3ccccc3)c3ccccc3)ccc1-2)/c1ccc(-c2ccc3c(c2)C2(c4ccccc4-c4ccccc42)c2ccccc2C32c3ccccc3-c3ccccc32)cc1. The van der Waals surface area contributed by atoms with Crippen LogP contribution in [0.5, 0.6) is 0 Å². The minimum atomic E-state index is -0.517. The van der Waals surface area contributed by atoms with E-state index in [4.69, 9.17) is 0 Å². The van der Waals surface area contributed by atoms with Gasteiger partial charge in [-0.1, -0.05) is 243 Å². The zero-order valence-corrected chi connectivity index (χ0v) is 42.3. The molecule has 358 valence electrons. The summed E-state index contributed by atoms with van der Waals surface area (Å²) in [4.78, 5) is 2.41. The van der Waals surface area contributed by atoms with Crippen molar-refractivity contribution in [3.05, 3.63) is 328 Å². The van der Waals surface area contributed by atoms with Gasteiger partial charge in [-0.05, 0) is 167 Å². The Hall–Kier alpha value is -9.04. The number of para-hydroxylation sites is 2. The first-order chi connectivity index (χ1) is 37.7. The molecule has 1 heteroatoms. The summed E-state index contributed by atoms with van der Waals surface area (Å²) in [5, 5.41) is 0. The van der Waals surface area contributed by atoms with Crippen LogP contribution in [0.1, 0.15) is 92.4 Å². The molecule has 76 heavy (non-hydrogen) atoms. The second kappa shape index (κ2) is 16.5. The highest BCUT2D eigenvalue weighted by molar-refractivity contribution is 5.95. The molecule has 5 aliphatic carbocycles. The van der Waals surface area contributed by atoms with Crippen LogP contribution in [0.2, 0.25) is 0 Å². The van der Waals surface area contributed by atoms with Crippen molar-refractivity contribution in [2.24, 2.45) is 0 Å². The molecule has 1 saturated carbocycles. The van der Waals surface area contributed by atoms with Crippen LogP contribution < -0.4 is 4.90 Å². The predicted octanol–water partition coefficient (Wildman–Crippen LogP) is 18.9. The molecule has 0 saturated heterocycles. The Morgan fingerprint density at radius 3 is 1.20 bits per heavy atom. The minimum Gasteiger partial charge on any atom is -0.310 e. The van der Waals surface area contributed by atoms with E-state index in [1.54, 1.807) is 0 Å². The van der Waals surface area contributed by atoms with Crippen LogP contribution in [0.15, 0.2) is 261 Å². The van der Waals surface area contributed by atoms with Gasteiger partial charge in [-0.25, -0.2) is 0 Å².